The molecule has 1 aliphatic rings. The van der Waals surface area contributed by atoms with Crippen LogP contribution in [0.2, 0.25) is 18.1 Å². The average Bonchev–Trinajstić information content (AvgIpc) is 2.79. The van der Waals surface area contributed by atoms with E-state index in [4.69, 9.17) is 4.43 Å². The first-order valence-corrected chi connectivity index (χ1v) is 17.7. The SMILES string of the molecule is C=C1/C(=C\CP(=O)(c2ccccc2)c2ccccc2)C[C@H](C(C)(C)C)C[C@@H]1O[Si](C)(C)C(C)(C)C. The molecule has 4 heteroatoms. The Morgan fingerprint density at radius 2 is 1.43 bits per heavy atom. The first-order valence-electron chi connectivity index (χ1n) is 12.9. The minimum Gasteiger partial charge on any atom is -0.410 e. The van der Waals surface area contributed by atoms with E-state index in [1.54, 1.807) is 0 Å². The molecule has 0 N–H and O–H groups in total. The van der Waals surface area contributed by atoms with Crippen molar-refractivity contribution < 1.29 is 8.99 Å². The van der Waals surface area contributed by atoms with Crippen molar-refractivity contribution in [3.63, 3.8) is 0 Å². The van der Waals surface area contributed by atoms with Gasteiger partial charge in [0.2, 0.25) is 0 Å². The fourth-order valence-corrected chi connectivity index (χ4v) is 8.36. The van der Waals surface area contributed by atoms with Gasteiger partial charge in [0.05, 0.1) is 6.10 Å². The Morgan fingerprint density at radius 3 is 1.86 bits per heavy atom. The lowest BCUT2D eigenvalue weighted by atomic mass is 9.69. The standard InChI is InChI=1S/C31H45O2PSi/c1-24-25(22-26(30(2,3)4)23-29(24)33-35(8,9)31(5,6)7)20-21-34(32,27-16-12-10-13-17-27)28-18-14-11-15-19-28/h10-20,26,29H,1,21-23H2,2-9H3/b25-20-/t26-,29-/m0/s1. The molecule has 0 radical (unpaired) electrons. The summed E-state index contributed by atoms with van der Waals surface area (Å²) in [6.07, 6.45) is 4.71. The Bertz CT molecular complexity index is 1040. The van der Waals surface area contributed by atoms with E-state index < -0.39 is 15.5 Å². The molecule has 0 bridgehead atoms. The molecule has 0 aliphatic heterocycles. The second-order valence-electron chi connectivity index (χ2n) is 12.7. The highest BCUT2D eigenvalue weighted by Gasteiger charge is 2.43. The van der Waals surface area contributed by atoms with Crippen molar-refractivity contribution in [1.82, 2.24) is 0 Å². The van der Waals surface area contributed by atoms with Gasteiger partial charge in [-0.25, -0.2) is 0 Å². The predicted octanol–water partition coefficient (Wildman–Crippen LogP) is 8.33. The molecule has 0 spiro atoms. The monoisotopic (exact) mass is 508 g/mol. The van der Waals surface area contributed by atoms with E-state index >= 15 is 0 Å². The quantitative estimate of drug-likeness (QED) is 0.290. The second kappa shape index (κ2) is 10.4. The zero-order chi connectivity index (χ0) is 26.1. The fraction of sp³-hybridized carbons (Fsp3) is 0.484. The van der Waals surface area contributed by atoms with E-state index in [-0.39, 0.29) is 16.6 Å². The number of rotatable bonds is 6. The minimum atomic E-state index is -2.81. The van der Waals surface area contributed by atoms with Crippen molar-refractivity contribution in [2.45, 2.75) is 78.6 Å². The van der Waals surface area contributed by atoms with Crippen LogP contribution in [-0.4, -0.2) is 20.6 Å². The molecule has 2 atom stereocenters. The number of hydrogen-bond acceptors (Lipinski definition) is 2. The molecule has 2 nitrogen and oxygen atoms in total. The van der Waals surface area contributed by atoms with Gasteiger partial charge in [-0.2, -0.15) is 0 Å². The molecule has 190 valence electrons. The van der Waals surface area contributed by atoms with Gasteiger partial charge in [0.15, 0.2) is 8.32 Å². The van der Waals surface area contributed by atoms with Crippen LogP contribution in [0.15, 0.2) is 84.5 Å². The maximum Gasteiger partial charge on any atom is 0.192 e. The van der Waals surface area contributed by atoms with Gasteiger partial charge >= 0.3 is 0 Å². The van der Waals surface area contributed by atoms with Crippen LogP contribution < -0.4 is 10.6 Å². The van der Waals surface area contributed by atoms with Crippen LogP contribution in [-0.2, 0) is 8.99 Å². The van der Waals surface area contributed by atoms with Crippen LogP contribution in [0, 0.1) is 11.3 Å². The number of benzene rings is 2. The summed E-state index contributed by atoms with van der Waals surface area (Å²) in [5.74, 6) is 0.488. The van der Waals surface area contributed by atoms with Crippen molar-refractivity contribution in [3.8, 4) is 0 Å². The van der Waals surface area contributed by atoms with E-state index in [1.165, 1.54) is 5.57 Å². The van der Waals surface area contributed by atoms with Crippen LogP contribution >= 0.6 is 7.14 Å². The second-order valence-corrected chi connectivity index (χ2v) is 20.4. The van der Waals surface area contributed by atoms with E-state index in [2.05, 4.69) is 67.3 Å². The molecule has 0 aromatic heterocycles. The van der Waals surface area contributed by atoms with Crippen LogP contribution in [0.3, 0.4) is 0 Å². The highest BCUT2D eigenvalue weighted by Crippen LogP contribution is 2.48. The van der Waals surface area contributed by atoms with Gasteiger partial charge < -0.3 is 8.99 Å². The summed E-state index contributed by atoms with van der Waals surface area (Å²) in [5, 5.41) is 1.96. The van der Waals surface area contributed by atoms with Gasteiger partial charge in [0.1, 0.15) is 7.14 Å². The van der Waals surface area contributed by atoms with Gasteiger partial charge in [-0.05, 0) is 53.5 Å². The molecule has 1 aliphatic carbocycles. The summed E-state index contributed by atoms with van der Waals surface area (Å²) in [7, 11) is -4.77. The summed E-state index contributed by atoms with van der Waals surface area (Å²) in [6.45, 7) is 23.0. The highest BCUT2D eigenvalue weighted by molar-refractivity contribution is 7.78. The third-order valence-corrected chi connectivity index (χ3v) is 15.6. The van der Waals surface area contributed by atoms with E-state index in [0.29, 0.717) is 12.1 Å². The van der Waals surface area contributed by atoms with E-state index in [0.717, 1.165) is 29.0 Å². The first-order chi connectivity index (χ1) is 16.1. The van der Waals surface area contributed by atoms with Crippen molar-refractivity contribution in [2.24, 2.45) is 11.3 Å². The molecular weight excluding hydrogens is 463 g/mol. The lowest BCUT2D eigenvalue weighted by Crippen LogP contribution is -2.46. The summed E-state index contributed by atoms with van der Waals surface area (Å²) < 4.78 is 21.5. The van der Waals surface area contributed by atoms with E-state index in [9.17, 15) is 4.57 Å². The number of allylic oxidation sites excluding steroid dienone is 1. The third-order valence-electron chi connectivity index (χ3n) is 8.18. The Balaban J connectivity index is 2.00. The lowest BCUT2D eigenvalue weighted by Gasteiger charge is -2.45. The molecule has 1 saturated carbocycles. The molecule has 0 amide bonds. The normalized spacial score (nSPS) is 21.4. The molecule has 0 heterocycles. The molecule has 2 aromatic carbocycles. The lowest BCUT2D eigenvalue weighted by molar-refractivity contribution is 0.117. The maximum absolute atomic E-state index is 14.6. The first kappa shape index (κ1) is 27.9. The average molecular weight is 509 g/mol. The van der Waals surface area contributed by atoms with Gasteiger partial charge in [-0.15, -0.1) is 0 Å². The molecule has 0 unspecified atom stereocenters. The van der Waals surface area contributed by atoms with Gasteiger partial charge in [-0.3, -0.25) is 0 Å². The summed E-state index contributed by atoms with van der Waals surface area (Å²) >= 11 is 0. The van der Waals surface area contributed by atoms with Crippen LogP contribution in [0.4, 0.5) is 0 Å². The highest BCUT2D eigenvalue weighted by atomic mass is 31.2. The largest absolute Gasteiger partial charge is 0.410 e. The van der Waals surface area contributed by atoms with Crippen LogP contribution in [0.5, 0.6) is 0 Å². The summed E-state index contributed by atoms with van der Waals surface area (Å²) in [4.78, 5) is 0. The zero-order valence-electron chi connectivity index (χ0n) is 23.1. The molecule has 1 fully saturated rings. The van der Waals surface area contributed by atoms with Crippen molar-refractivity contribution >= 4 is 26.1 Å². The van der Waals surface area contributed by atoms with Crippen LogP contribution in [0.25, 0.3) is 0 Å². The van der Waals surface area contributed by atoms with Crippen molar-refractivity contribution in [2.75, 3.05) is 6.16 Å². The molecule has 35 heavy (non-hydrogen) atoms. The summed E-state index contributed by atoms with van der Waals surface area (Å²) in [6, 6.07) is 19.9. The smallest absolute Gasteiger partial charge is 0.192 e. The fourth-order valence-electron chi connectivity index (χ4n) is 4.55. The van der Waals surface area contributed by atoms with Gasteiger partial charge in [-0.1, -0.05) is 115 Å². The van der Waals surface area contributed by atoms with Crippen molar-refractivity contribution in [3.05, 3.63) is 84.5 Å². The summed E-state index contributed by atoms with van der Waals surface area (Å²) in [5.41, 5.74) is 2.48. The van der Waals surface area contributed by atoms with E-state index in [1.807, 2.05) is 60.7 Å². The minimum absolute atomic E-state index is 0.0213. The van der Waals surface area contributed by atoms with Gasteiger partial charge in [0.25, 0.3) is 0 Å². The zero-order valence-corrected chi connectivity index (χ0v) is 25.0. The molecular formula is C31H45O2PSi. The Hall–Kier alpha value is -1.67. The Kier molecular flexibility index (Phi) is 8.26. The molecule has 3 rings (SSSR count). The van der Waals surface area contributed by atoms with Gasteiger partial charge in [0, 0.05) is 16.8 Å². The van der Waals surface area contributed by atoms with Crippen molar-refractivity contribution in [1.29, 1.82) is 0 Å². The topological polar surface area (TPSA) is 26.3 Å². The maximum atomic E-state index is 14.6. The molecule has 0 saturated heterocycles. The van der Waals surface area contributed by atoms with Crippen LogP contribution in [0.1, 0.15) is 54.4 Å². The number of hydrogen-bond donors (Lipinski definition) is 0. The predicted molar refractivity (Wildman–Crippen MR) is 156 cm³/mol. The Labute approximate surface area is 215 Å². The Morgan fingerprint density at radius 1 is 0.943 bits per heavy atom. The third kappa shape index (κ3) is 6.37. The molecule has 2 aromatic rings.